The van der Waals surface area contributed by atoms with E-state index in [4.69, 9.17) is 9.47 Å². The molecule has 0 saturated heterocycles. The van der Waals surface area contributed by atoms with Crippen molar-refractivity contribution in [2.45, 2.75) is 12.6 Å². The Morgan fingerprint density at radius 1 is 1.28 bits per heavy atom. The third-order valence-electron chi connectivity index (χ3n) is 4.43. The van der Waals surface area contributed by atoms with Gasteiger partial charge in [-0.3, -0.25) is 24.3 Å². The maximum atomic E-state index is 12.6. The Hall–Kier alpha value is -3.95. The number of para-hydroxylation sites is 2. The second kappa shape index (κ2) is 7.58. The van der Waals surface area contributed by atoms with Gasteiger partial charge >= 0.3 is 0 Å². The molecule has 1 aliphatic rings. The third kappa shape index (κ3) is 3.86. The molecule has 1 amide bonds. The number of nitrogens with zero attached hydrogens (tertiary/aromatic N) is 3. The number of aromatic nitrogens is 2. The number of nitro groups is 1. The second-order valence-electron chi connectivity index (χ2n) is 6.44. The standard InChI is InChI=1S/C19H16N4O6/c24-18(20-8-13-10-28-16-3-1-2-4-17(16)29-13)9-22-11-21-15-6-5-12(23(26)27)7-14(15)19(22)25/h1-7,11,13H,8-10H2,(H,20,24)/t13-/m1/s1. The quantitative estimate of drug-likeness (QED) is 0.508. The first kappa shape index (κ1) is 18.4. The van der Waals surface area contributed by atoms with Gasteiger partial charge < -0.3 is 14.8 Å². The normalized spacial score (nSPS) is 15.1. The van der Waals surface area contributed by atoms with Gasteiger partial charge in [-0.25, -0.2) is 4.98 Å². The van der Waals surface area contributed by atoms with Crippen LogP contribution in [0.4, 0.5) is 5.69 Å². The van der Waals surface area contributed by atoms with Crippen LogP contribution in [0.25, 0.3) is 10.9 Å². The van der Waals surface area contributed by atoms with Crippen molar-refractivity contribution in [2.75, 3.05) is 13.2 Å². The molecule has 2 aromatic carbocycles. The van der Waals surface area contributed by atoms with Gasteiger partial charge in [-0.15, -0.1) is 0 Å². The van der Waals surface area contributed by atoms with Crippen LogP contribution in [-0.2, 0) is 11.3 Å². The smallest absolute Gasteiger partial charge is 0.270 e. The zero-order chi connectivity index (χ0) is 20.4. The Balaban J connectivity index is 1.42. The van der Waals surface area contributed by atoms with E-state index in [1.165, 1.54) is 18.5 Å². The summed E-state index contributed by atoms with van der Waals surface area (Å²) >= 11 is 0. The molecule has 0 radical (unpaired) electrons. The van der Waals surface area contributed by atoms with E-state index in [9.17, 15) is 19.7 Å². The lowest BCUT2D eigenvalue weighted by Crippen LogP contribution is -2.42. The number of nitrogens with one attached hydrogen (secondary N) is 1. The minimum atomic E-state index is -0.590. The highest BCUT2D eigenvalue weighted by atomic mass is 16.6. The van der Waals surface area contributed by atoms with E-state index in [2.05, 4.69) is 10.3 Å². The maximum absolute atomic E-state index is 12.6. The Bertz CT molecular complexity index is 1160. The number of ether oxygens (including phenoxy) is 2. The van der Waals surface area contributed by atoms with Crippen LogP contribution in [0.1, 0.15) is 0 Å². The van der Waals surface area contributed by atoms with Gasteiger partial charge in [0.15, 0.2) is 11.5 Å². The third-order valence-corrected chi connectivity index (χ3v) is 4.43. The SMILES string of the molecule is O=C(Cn1cnc2ccc([N+](=O)[O-])cc2c1=O)NC[C@@H]1COc2ccccc2O1. The predicted octanol–water partition coefficient (Wildman–Crippen LogP) is 1.26. The van der Waals surface area contributed by atoms with Crippen molar-refractivity contribution in [2.24, 2.45) is 0 Å². The highest BCUT2D eigenvalue weighted by molar-refractivity contribution is 5.80. The molecule has 0 aliphatic carbocycles. The van der Waals surface area contributed by atoms with Crippen LogP contribution in [0.5, 0.6) is 11.5 Å². The number of carbonyl (C=O) groups excluding carboxylic acids is 1. The number of hydrogen-bond donors (Lipinski definition) is 1. The van der Waals surface area contributed by atoms with Crippen molar-refractivity contribution >= 4 is 22.5 Å². The van der Waals surface area contributed by atoms with Gasteiger partial charge in [0.1, 0.15) is 19.3 Å². The van der Waals surface area contributed by atoms with Crippen molar-refractivity contribution < 1.29 is 19.2 Å². The molecule has 1 N–H and O–H groups in total. The van der Waals surface area contributed by atoms with Gasteiger partial charge in [0.2, 0.25) is 5.91 Å². The van der Waals surface area contributed by atoms with Gasteiger partial charge in [0.05, 0.1) is 28.7 Å². The van der Waals surface area contributed by atoms with Crippen molar-refractivity contribution in [3.63, 3.8) is 0 Å². The van der Waals surface area contributed by atoms with E-state index in [-0.39, 0.29) is 30.3 Å². The summed E-state index contributed by atoms with van der Waals surface area (Å²) in [6.45, 7) is 0.224. The molecule has 0 unspecified atom stereocenters. The van der Waals surface area contributed by atoms with Gasteiger partial charge in [-0.2, -0.15) is 0 Å². The van der Waals surface area contributed by atoms with E-state index >= 15 is 0 Å². The number of rotatable bonds is 5. The molecular weight excluding hydrogens is 380 g/mol. The van der Waals surface area contributed by atoms with Gasteiger partial charge in [-0.1, -0.05) is 12.1 Å². The summed E-state index contributed by atoms with van der Waals surface area (Å²) in [4.78, 5) is 39.2. The molecular formula is C19H16N4O6. The van der Waals surface area contributed by atoms with E-state index in [0.29, 0.717) is 23.6 Å². The first-order chi connectivity index (χ1) is 14.0. The molecule has 10 nitrogen and oxygen atoms in total. The van der Waals surface area contributed by atoms with Crippen LogP contribution in [0.2, 0.25) is 0 Å². The van der Waals surface area contributed by atoms with Crippen molar-refractivity contribution in [3.05, 3.63) is 69.3 Å². The summed E-state index contributed by atoms with van der Waals surface area (Å²) < 4.78 is 12.5. The number of amides is 1. The average Bonchev–Trinajstić information content (AvgIpc) is 2.74. The van der Waals surface area contributed by atoms with E-state index in [1.54, 1.807) is 12.1 Å². The first-order valence-corrected chi connectivity index (χ1v) is 8.80. The molecule has 0 bridgehead atoms. The number of benzene rings is 2. The van der Waals surface area contributed by atoms with E-state index < -0.39 is 16.4 Å². The summed E-state index contributed by atoms with van der Waals surface area (Å²) in [6, 6.07) is 11.1. The Kier molecular flexibility index (Phi) is 4.82. The number of nitro benzene ring substituents is 1. The molecule has 148 valence electrons. The van der Waals surface area contributed by atoms with Crippen LogP contribution in [-0.4, -0.2) is 39.6 Å². The first-order valence-electron chi connectivity index (χ1n) is 8.80. The molecule has 0 fully saturated rings. The fraction of sp³-hybridized carbons (Fsp3) is 0.211. The number of hydrogen-bond acceptors (Lipinski definition) is 7. The molecule has 1 aromatic heterocycles. The zero-order valence-corrected chi connectivity index (χ0v) is 15.1. The molecule has 29 heavy (non-hydrogen) atoms. The minimum absolute atomic E-state index is 0.0788. The van der Waals surface area contributed by atoms with E-state index in [1.807, 2.05) is 12.1 Å². The molecule has 1 atom stereocenters. The number of carbonyl (C=O) groups is 1. The summed E-state index contributed by atoms with van der Waals surface area (Å²) in [5.41, 5.74) is -0.419. The molecule has 2 heterocycles. The number of fused-ring (bicyclic) bond motifs is 2. The van der Waals surface area contributed by atoms with Gasteiger partial charge in [0.25, 0.3) is 11.2 Å². The molecule has 0 spiro atoms. The predicted molar refractivity (Wildman–Crippen MR) is 102 cm³/mol. The average molecular weight is 396 g/mol. The van der Waals surface area contributed by atoms with Gasteiger partial charge in [-0.05, 0) is 18.2 Å². The van der Waals surface area contributed by atoms with Crippen LogP contribution < -0.4 is 20.3 Å². The van der Waals surface area contributed by atoms with Crippen LogP contribution in [0.3, 0.4) is 0 Å². The van der Waals surface area contributed by atoms with E-state index in [0.717, 1.165) is 10.6 Å². The summed E-state index contributed by atoms with van der Waals surface area (Å²) in [5, 5.41) is 13.7. The van der Waals surface area contributed by atoms with Crippen molar-refractivity contribution in [1.82, 2.24) is 14.9 Å². The highest BCUT2D eigenvalue weighted by Crippen LogP contribution is 2.30. The molecule has 3 aromatic rings. The van der Waals surface area contributed by atoms with Crippen molar-refractivity contribution in [3.8, 4) is 11.5 Å². The lowest BCUT2D eigenvalue weighted by Gasteiger charge is -2.26. The molecule has 10 heteroatoms. The molecule has 1 aliphatic heterocycles. The van der Waals surface area contributed by atoms with Crippen LogP contribution >= 0.6 is 0 Å². The Labute approximate surface area is 163 Å². The summed E-state index contributed by atoms with van der Waals surface area (Å²) in [5.74, 6) is 0.841. The Morgan fingerprint density at radius 2 is 2.07 bits per heavy atom. The summed E-state index contributed by atoms with van der Waals surface area (Å²) in [7, 11) is 0. The zero-order valence-electron chi connectivity index (χ0n) is 15.1. The van der Waals surface area contributed by atoms with Crippen LogP contribution in [0, 0.1) is 10.1 Å². The fourth-order valence-corrected chi connectivity index (χ4v) is 2.98. The monoisotopic (exact) mass is 396 g/mol. The highest BCUT2D eigenvalue weighted by Gasteiger charge is 2.21. The second-order valence-corrected chi connectivity index (χ2v) is 6.44. The maximum Gasteiger partial charge on any atom is 0.270 e. The minimum Gasteiger partial charge on any atom is -0.486 e. The van der Waals surface area contributed by atoms with Crippen LogP contribution in [0.15, 0.2) is 53.6 Å². The lowest BCUT2D eigenvalue weighted by molar-refractivity contribution is -0.384. The lowest BCUT2D eigenvalue weighted by atomic mass is 10.2. The topological polar surface area (TPSA) is 126 Å². The summed E-state index contributed by atoms with van der Waals surface area (Å²) in [6.07, 6.45) is 0.884. The molecule has 4 rings (SSSR count). The number of non-ortho nitro benzene ring substituents is 1. The largest absolute Gasteiger partial charge is 0.486 e. The molecule has 0 saturated carbocycles. The van der Waals surface area contributed by atoms with Crippen molar-refractivity contribution in [1.29, 1.82) is 0 Å². The van der Waals surface area contributed by atoms with Gasteiger partial charge in [0, 0.05) is 12.1 Å². The fourth-order valence-electron chi connectivity index (χ4n) is 2.98. The Morgan fingerprint density at radius 3 is 2.86 bits per heavy atom.